The van der Waals surface area contributed by atoms with Crippen molar-refractivity contribution in [2.24, 2.45) is 5.92 Å². The monoisotopic (exact) mass is 252 g/mol. The Bertz CT molecular complexity index is 412. The van der Waals surface area contributed by atoms with Crippen LogP contribution in [0.15, 0.2) is 18.2 Å². The van der Waals surface area contributed by atoms with Crippen LogP contribution in [0.1, 0.15) is 19.4 Å². The molecule has 0 saturated carbocycles. The van der Waals surface area contributed by atoms with Gasteiger partial charge in [-0.25, -0.2) is 0 Å². The number of benzene rings is 1. The molecule has 0 fully saturated rings. The van der Waals surface area contributed by atoms with Gasteiger partial charge in [-0.1, -0.05) is 25.4 Å². The van der Waals surface area contributed by atoms with Crippen LogP contribution in [0.4, 0.5) is 5.69 Å². The Morgan fingerprint density at radius 1 is 1.47 bits per heavy atom. The van der Waals surface area contributed by atoms with Crippen molar-refractivity contribution in [3.8, 4) is 6.07 Å². The molecule has 1 rings (SSSR count). The fourth-order valence-electron chi connectivity index (χ4n) is 1.49. The number of hydrogen-bond acceptors (Lipinski definition) is 3. The van der Waals surface area contributed by atoms with Crippen LogP contribution in [0.3, 0.4) is 0 Å². The highest BCUT2D eigenvalue weighted by Crippen LogP contribution is 2.21. The van der Waals surface area contributed by atoms with E-state index in [-0.39, 0.29) is 6.04 Å². The normalized spacial score (nSPS) is 12.2. The molecule has 3 nitrogen and oxygen atoms in total. The van der Waals surface area contributed by atoms with Crippen LogP contribution in [0.2, 0.25) is 5.02 Å². The van der Waals surface area contributed by atoms with E-state index in [1.807, 2.05) is 12.1 Å². The number of hydrogen-bond donors (Lipinski definition) is 1. The number of halogens is 1. The maximum atomic E-state index is 8.79. The first kappa shape index (κ1) is 13.8. The lowest BCUT2D eigenvalue weighted by molar-refractivity contribution is 0.171. The molecule has 0 radical (unpaired) electrons. The van der Waals surface area contributed by atoms with Crippen molar-refractivity contribution in [3.63, 3.8) is 0 Å². The summed E-state index contributed by atoms with van der Waals surface area (Å²) in [5, 5.41) is 12.6. The lowest BCUT2D eigenvalue weighted by Gasteiger charge is -2.22. The van der Waals surface area contributed by atoms with Crippen molar-refractivity contribution in [2.75, 3.05) is 19.0 Å². The summed E-state index contributed by atoms with van der Waals surface area (Å²) < 4.78 is 5.16. The fourth-order valence-corrected chi connectivity index (χ4v) is 1.71. The predicted molar refractivity (Wildman–Crippen MR) is 70.3 cm³/mol. The zero-order chi connectivity index (χ0) is 12.8. The van der Waals surface area contributed by atoms with E-state index in [0.29, 0.717) is 23.1 Å². The number of nitrogens with one attached hydrogen (secondary N) is 1. The Hall–Kier alpha value is -1.24. The molecule has 0 saturated heterocycles. The van der Waals surface area contributed by atoms with Crippen LogP contribution in [-0.4, -0.2) is 19.8 Å². The zero-order valence-corrected chi connectivity index (χ0v) is 11.1. The maximum Gasteiger partial charge on any atom is 0.101 e. The van der Waals surface area contributed by atoms with Gasteiger partial charge in [-0.3, -0.25) is 0 Å². The van der Waals surface area contributed by atoms with Crippen molar-refractivity contribution in [2.45, 2.75) is 19.9 Å². The van der Waals surface area contributed by atoms with Crippen LogP contribution in [-0.2, 0) is 4.74 Å². The van der Waals surface area contributed by atoms with Crippen molar-refractivity contribution >= 4 is 17.3 Å². The summed E-state index contributed by atoms with van der Waals surface area (Å²) in [5.74, 6) is 0.448. The first-order valence-electron chi connectivity index (χ1n) is 5.53. The lowest BCUT2D eigenvalue weighted by Crippen LogP contribution is -2.30. The van der Waals surface area contributed by atoms with E-state index in [1.54, 1.807) is 19.2 Å². The molecule has 0 aliphatic heterocycles. The van der Waals surface area contributed by atoms with Gasteiger partial charge >= 0.3 is 0 Å². The molecule has 1 N–H and O–H groups in total. The average molecular weight is 253 g/mol. The summed E-state index contributed by atoms with van der Waals surface area (Å²) in [6, 6.07) is 7.61. The molecule has 17 heavy (non-hydrogen) atoms. The zero-order valence-electron chi connectivity index (χ0n) is 10.3. The quantitative estimate of drug-likeness (QED) is 0.875. The summed E-state index contributed by atoms with van der Waals surface area (Å²) >= 11 is 5.98. The van der Waals surface area contributed by atoms with Crippen LogP contribution < -0.4 is 5.32 Å². The van der Waals surface area contributed by atoms with Gasteiger partial charge in [0, 0.05) is 12.8 Å². The minimum atomic E-state index is 0.226. The highest BCUT2D eigenvalue weighted by atomic mass is 35.5. The van der Waals surface area contributed by atoms with E-state index in [1.165, 1.54) is 0 Å². The molecule has 0 spiro atoms. The van der Waals surface area contributed by atoms with E-state index in [9.17, 15) is 0 Å². The highest BCUT2D eigenvalue weighted by Gasteiger charge is 2.13. The maximum absolute atomic E-state index is 8.79. The third-order valence-corrected chi connectivity index (χ3v) is 2.91. The molecular formula is C13H17ClN2O. The molecule has 1 aromatic carbocycles. The van der Waals surface area contributed by atoms with Gasteiger partial charge < -0.3 is 10.1 Å². The molecule has 0 heterocycles. The van der Waals surface area contributed by atoms with Crippen LogP contribution in [0.5, 0.6) is 0 Å². The number of nitrogens with zero attached hydrogens (tertiary/aromatic N) is 1. The van der Waals surface area contributed by atoms with Gasteiger partial charge in [0.1, 0.15) is 6.07 Å². The largest absolute Gasteiger partial charge is 0.383 e. The van der Waals surface area contributed by atoms with E-state index in [0.717, 1.165) is 5.69 Å². The second-order valence-corrected chi connectivity index (χ2v) is 4.66. The fraction of sp³-hybridized carbons (Fsp3) is 0.462. The number of methoxy groups -OCH3 is 1. The number of ether oxygens (including phenoxy) is 1. The van der Waals surface area contributed by atoms with Gasteiger partial charge in [0.25, 0.3) is 0 Å². The Labute approximate surface area is 107 Å². The Morgan fingerprint density at radius 2 is 2.18 bits per heavy atom. The van der Waals surface area contributed by atoms with Crippen molar-refractivity contribution in [1.29, 1.82) is 5.26 Å². The van der Waals surface area contributed by atoms with Crippen molar-refractivity contribution in [3.05, 3.63) is 28.8 Å². The van der Waals surface area contributed by atoms with Gasteiger partial charge in [0.15, 0.2) is 0 Å². The topological polar surface area (TPSA) is 45.0 Å². The van der Waals surface area contributed by atoms with Gasteiger partial charge in [-0.05, 0) is 24.1 Å². The minimum absolute atomic E-state index is 0.226. The van der Waals surface area contributed by atoms with Gasteiger partial charge in [-0.2, -0.15) is 5.26 Å². The van der Waals surface area contributed by atoms with Crippen molar-refractivity contribution < 1.29 is 4.74 Å². The number of rotatable bonds is 5. The second-order valence-electron chi connectivity index (χ2n) is 4.26. The Balaban J connectivity index is 2.80. The average Bonchev–Trinajstić information content (AvgIpc) is 2.28. The summed E-state index contributed by atoms with van der Waals surface area (Å²) in [6.07, 6.45) is 0. The van der Waals surface area contributed by atoms with Crippen LogP contribution in [0.25, 0.3) is 0 Å². The third-order valence-electron chi connectivity index (χ3n) is 2.59. The summed E-state index contributed by atoms with van der Waals surface area (Å²) in [7, 11) is 1.68. The SMILES string of the molecule is COCC(Nc1ccc(C#N)c(Cl)c1)C(C)C. The second kappa shape index (κ2) is 6.48. The first-order valence-corrected chi connectivity index (χ1v) is 5.91. The summed E-state index contributed by atoms with van der Waals surface area (Å²) in [6.45, 7) is 4.89. The summed E-state index contributed by atoms with van der Waals surface area (Å²) in [5.41, 5.74) is 1.40. The standard InChI is InChI=1S/C13H17ClN2O/c1-9(2)13(8-17-3)16-11-5-4-10(7-15)12(14)6-11/h4-6,9,13,16H,8H2,1-3H3. The molecule has 0 bridgehead atoms. The molecule has 4 heteroatoms. The molecule has 0 amide bonds. The molecule has 0 aliphatic carbocycles. The van der Waals surface area contributed by atoms with E-state index in [4.69, 9.17) is 21.6 Å². The number of nitriles is 1. The molecular weight excluding hydrogens is 236 g/mol. The Kier molecular flexibility index (Phi) is 5.27. The van der Waals surface area contributed by atoms with E-state index in [2.05, 4.69) is 19.2 Å². The van der Waals surface area contributed by atoms with Gasteiger partial charge in [-0.15, -0.1) is 0 Å². The molecule has 1 atom stereocenters. The van der Waals surface area contributed by atoms with E-state index >= 15 is 0 Å². The smallest absolute Gasteiger partial charge is 0.101 e. The van der Waals surface area contributed by atoms with Gasteiger partial charge in [0.2, 0.25) is 0 Å². The van der Waals surface area contributed by atoms with E-state index < -0.39 is 0 Å². The Morgan fingerprint density at radius 3 is 2.65 bits per heavy atom. The van der Waals surface area contributed by atoms with Crippen molar-refractivity contribution in [1.82, 2.24) is 0 Å². The van der Waals surface area contributed by atoms with Crippen LogP contribution in [0, 0.1) is 17.2 Å². The summed E-state index contributed by atoms with van der Waals surface area (Å²) in [4.78, 5) is 0. The lowest BCUT2D eigenvalue weighted by atomic mass is 10.0. The van der Waals surface area contributed by atoms with Gasteiger partial charge in [0.05, 0.1) is 23.2 Å². The third kappa shape index (κ3) is 3.92. The predicted octanol–water partition coefficient (Wildman–Crippen LogP) is 3.29. The van der Waals surface area contributed by atoms with Crippen LogP contribution >= 0.6 is 11.6 Å². The molecule has 0 aromatic heterocycles. The molecule has 1 aromatic rings. The molecule has 1 unspecified atom stereocenters. The minimum Gasteiger partial charge on any atom is -0.383 e. The molecule has 92 valence electrons. The first-order chi connectivity index (χ1) is 8.08. The highest BCUT2D eigenvalue weighted by molar-refractivity contribution is 6.32. The molecule has 0 aliphatic rings. The number of anilines is 1.